The number of aromatic nitrogens is 1. The van der Waals surface area contributed by atoms with Crippen molar-refractivity contribution in [2.45, 2.75) is 6.54 Å². The molecule has 19 heavy (non-hydrogen) atoms. The SMILES string of the molecule is [N-]=[N+]=Nc1ccc(C(=O)NCc2cccnc2)cc1. The molecule has 0 saturated heterocycles. The van der Waals surface area contributed by atoms with Gasteiger partial charge < -0.3 is 5.32 Å². The molecule has 0 unspecified atom stereocenters. The first kappa shape index (κ1) is 12.6. The number of pyridine rings is 1. The summed E-state index contributed by atoms with van der Waals surface area (Å²) in [5.74, 6) is -0.184. The predicted octanol–water partition coefficient (Wildman–Crippen LogP) is 2.95. The van der Waals surface area contributed by atoms with Crippen LogP contribution in [0.3, 0.4) is 0 Å². The van der Waals surface area contributed by atoms with Gasteiger partial charge in [0.15, 0.2) is 0 Å². The van der Waals surface area contributed by atoms with Gasteiger partial charge in [-0.2, -0.15) is 0 Å². The quantitative estimate of drug-likeness (QED) is 0.515. The smallest absolute Gasteiger partial charge is 0.251 e. The minimum atomic E-state index is -0.184. The van der Waals surface area contributed by atoms with Crippen LogP contribution in [0, 0.1) is 0 Å². The van der Waals surface area contributed by atoms with Gasteiger partial charge in [0.1, 0.15) is 0 Å². The third-order valence-corrected chi connectivity index (χ3v) is 2.47. The van der Waals surface area contributed by atoms with Crippen LogP contribution in [0.2, 0.25) is 0 Å². The number of hydrogen-bond donors (Lipinski definition) is 1. The number of amides is 1. The molecular formula is C13H11N5O. The Morgan fingerprint density at radius 2 is 2.11 bits per heavy atom. The van der Waals surface area contributed by atoms with E-state index in [-0.39, 0.29) is 5.91 Å². The Kier molecular flexibility index (Phi) is 4.10. The van der Waals surface area contributed by atoms with E-state index >= 15 is 0 Å². The number of azide groups is 1. The van der Waals surface area contributed by atoms with E-state index in [0.717, 1.165) is 5.56 Å². The average molecular weight is 253 g/mol. The first-order valence-electron chi connectivity index (χ1n) is 5.62. The zero-order valence-corrected chi connectivity index (χ0v) is 10.0. The van der Waals surface area contributed by atoms with Crippen molar-refractivity contribution in [2.24, 2.45) is 5.11 Å². The summed E-state index contributed by atoms with van der Waals surface area (Å²) in [6, 6.07) is 10.1. The monoisotopic (exact) mass is 253 g/mol. The van der Waals surface area contributed by atoms with Crippen molar-refractivity contribution in [3.8, 4) is 0 Å². The molecule has 2 rings (SSSR count). The first-order chi connectivity index (χ1) is 9.29. The molecule has 0 fully saturated rings. The van der Waals surface area contributed by atoms with Crippen LogP contribution in [0.5, 0.6) is 0 Å². The molecule has 0 aliphatic heterocycles. The van der Waals surface area contributed by atoms with E-state index in [0.29, 0.717) is 17.8 Å². The van der Waals surface area contributed by atoms with Crippen molar-refractivity contribution in [2.75, 3.05) is 0 Å². The highest BCUT2D eigenvalue weighted by atomic mass is 16.1. The van der Waals surface area contributed by atoms with Gasteiger partial charge >= 0.3 is 0 Å². The molecule has 1 N–H and O–H groups in total. The van der Waals surface area contributed by atoms with Crippen LogP contribution in [0.1, 0.15) is 15.9 Å². The second-order valence-electron chi connectivity index (χ2n) is 3.78. The molecule has 0 aliphatic rings. The Morgan fingerprint density at radius 3 is 2.74 bits per heavy atom. The molecule has 0 spiro atoms. The van der Waals surface area contributed by atoms with E-state index in [4.69, 9.17) is 5.53 Å². The summed E-state index contributed by atoms with van der Waals surface area (Å²) in [4.78, 5) is 18.5. The molecule has 6 heteroatoms. The molecular weight excluding hydrogens is 242 g/mol. The maximum absolute atomic E-state index is 11.9. The molecule has 0 aliphatic carbocycles. The van der Waals surface area contributed by atoms with Crippen LogP contribution in [-0.2, 0) is 6.54 Å². The third-order valence-electron chi connectivity index (χ3n) is 2.47. The highest BCUT2D eigenvalue weighted by molar-refractivity contribution is 5.94. The molecule has 6 nitrogen and oxygen atoms in total. The number of benzene rings is 1. The number of nitrogens with zero attached hydrogens (tertiary/aromatic N) is 4. The topological polar surface area (TPSA) is 90.8 Å². The highest BCUT2D eigenvalue weighted by Gasteiger charge is 2.04. The van der Waals surface area contributed by atoms with E-state index in [1.807, 2.05) is 12.1 Å². The highest BCUT2D eigenvalue weighted by Crippen LogP contribution is 2.13. The molecule has 1 amide bonds. The van der Waals surface area contributed by atoms with Crippen LogP contribution >= 0.6 is 0 Å². The summed E-state index contributed by atoms with van der Waals surface area (Å²) in [6.07, 6.45) is 3.38. The van der Waals surface area contributed by atoms with Crippen LogP contribution < -0.4 is 5.32 Å². The fourth-order valence-corrected chi connectivity index (χ4v) is 1.52. The standard InChI is InChI=1S/C13H11N5O/c14-18-17-12-5-3-11(4-6-12)13(19)16-9-10-2-1-7-15-8-10/h1-8H,9H2,(H,16,19). The molecule has 2 aromatic rings. The summed E-state index contributed by atoms with van der Waals surface area (Å²) >= 11 is 0. The maximum atomic E-state index is 11.9. The van der Waals surface area contributed by atoms with Crippen LogP contribution in [0.25, 0.3) is 10.4 Å². The minimum Gasteiger partial charge on any atom is -0.348 e. The Labute approximate surface area is 109 Å². The Balaban J connectivity index is 1.98. The molecule has 94 valence electrons. The summed E-state index contributed by atoms with van der Waals surface area (Å²) in [6.45, 7) is 0.421. The first-order valence-corrected chi connectivity index (χ1v) is 5.62. The number of rotatable bonds is 4. The van der Waals surface area contributed by atoms with Gasteiger partial charge in [0, 0.05) is 35.1 Å². The fourth-order valence-electron chi connectivity index (χ4n) is 1.52. The average Bonchev–Trinajstić information content (AvgIpc) is 2.47. The maximum Gasteiger partial charge on any atom is 0.251 e. The Hall–Kier alpha value is -2.85. The van der Waals surface area contributed by atoms with Gasteiger partial charge in [0.05, 0.1) is 0 Å². The van der Waals surface area contributed by atoms with Gasteiger partial charge in [0.25, 0.3) is 5.91 Å². The zero-order chi connectivity index (χ0) is 13.5. The van der Waals surface area contributed by atoms with Crippen LogP contribution in [-0.4, -0.2) is 10.9 Å². The second-order valence-corrected chi connectivity index (χ2v) is 3.78. The largest absolute Gasteiger partial charge is 0.348 e. The summed E-state index contributed by atoms with van der Waals surface area (Å²) < 4.78 is 0. The van der Waals surface area contributed by atoms with E-state index in [2.05, 4.69) is 20.3 Å². The number of hydrogen-bond acceptors (Lipinski definition) is 3. The van der Waals surface area contributed by atoms with Crippen molar-refractivity contribution in [1.29, 1.82) is 0 Å². The van der Waals surface area contributed by atoms with Gasteiger partial charge in [-0.05, 0) is 29.3 Å². The predicted molar refractivity (Wildman–Crippen MR) is 70.7 cm³/mol. The summed E-state index contributed by atoms with van der Waals surface area (Å²) in [5, 5.41) is 6.23. The minimum absolute atomic E-state index is 0.184. The number of nitrogens with one attached hydrogen (secondary N) is 1. The van der Waals surface area contributed by atoms with E-state index in [1.165, 1.54) is 0 Å². The van der Waals surface area contributed by atoms with Gasteiger partial charge in [-0.1, -0.05) is 23.3 Å². The Bertz CT molecular complexity index is 603. The molecule has 0 bridgehead atoms. The normalized spacial score (nSPS) is 9.47. The van der Waals surface area contributed by atoms with Gasteiger partial charge in [-0.15, -0.1) is 0 Å². The van der Waals surface area contributed by atoms with Gasteiger partial charge in [0.2, 0.25) is 0 Å². The van der Waals surface area contributed by atoms with Crippen molar-refractivity contribution in [3.05, 3.63) is 70.4 Å². The second kappa shape index (κ2) is 6.18. The summed E-state index contributed by atoms with van der Waals surface area (Å²) in [7, 11) is 0. The van der Waals surface area contributed by atoms with Gasteiger partial charge in [-0.3, -0.25) is 9.78 Å². The Morgan fingerprint density at radius 1 is 1.32 bits per heavy atom. The van der Waals surface area contributed by atoms with Crippen molar-refractivity contribution >= 4 is 11.6 Å². The lowest BCUT2D eigenvalue weighted by Gasteiger charge is -2.05. The lowest BCUT2D eigenvalue weighted by atomic mass is 10.2. The van der Waals surface area contributed by atoms with Gasteiger partial charge in [-0.25, -0.2) is 0 Å². The van der Waals surface area contributed by atoms with E-state index in [9.17, 15) is 4.79 Å². The molecule has 1 aromatic carbocycles. The molecule has 0 saturated carbocycles. The van der Waals surface area contributed by atoms with Crippen molar-refractivity contribution < 1.29 is 4.79 Å². The van der Waals surface area contributed by atoms with E-state index in [1.54, 1.807) is 36.7 Å². The molecule has 0 atom stereocenters. The summed E-state index contributed by atoms with van der Waals surface area (Å²) in [5.41, 5.74) is 10.2. The van der Waals surface area contributed by atoms with Crippen molar-refractivity contribution in [1.82, 2.24) is 10.3 Å². The number of carbonyl (C=O) groups excluding carboxylic acids is 1. The van der Waals surface area contributed by atoms with Crippen LogP contribution in [0.15, 0.2) is 53.9 Å². The number of carbonyl (C=O) groups is 1. The molecule has 1 aromatic heterocycles. The lowest BCUT2D eigenvalue weighted by Crippen LogP contribution is -2.22. The van der Waals surface area contributed by atoms with E-state index < -0.39 is 0 Å². The zero-order valence-electron chi connectivity index (χ0n) is 10.0. The molecule has 1 heterocycles. The fraction of sp³-hybridized carbons (Fsp3) is 0.0769. The van der Waals surface area contributed by atoms with Crippen molar-refractivity contribution in [3.63, 3.8) is 0 Å². The molecule has 0 radical (unpaired) electrons. The third kappa shape index (κ3) is 3.55. The lowest BCUT2D eigenvalue weighted by molar-refractivity contribution is 0.0951. The van der Waals surface area contributed by atoms with Crippen LogP contribution in [0.4, 0.5) is 5.69 Å².